The van der Waals surface area contributed by atoms with Crippen LogP contribution in [0.3, 0.4) is 0 Å². The Hall–Kier alpha value is -1.28. The number of benzene rings is 1. The number of aromatic hydroxyl groups is 1. The van der Waals surface area contributed by atoms with Crippen LogP contribution in [-0.4, -0.2) is 29.6 Å². The summed E-state index contributed by atoms with van der Waals surface area (Å²) in [5.74, 6) is 0.390. The molecule has 0 saturated heterocycles. The van der Waals surface area contributed by atoms with Gasteiger partial charge in [-0.2, -0.15) is 0 Å². The van der Waals surface area contributed by atoms with Gasteiger partial charge in [0.2, 0.25) is 0 Å². The van der Waals surface area contributed by atoms with Crippen LogP contribution in [0, 0.1) is 0 Å². The molecule has 0 unspecified atom stereocenters. The Bertz CT molecular complexity index is 419. The summed E-state index contributed by atoms with van der Waals surface area (Å²) in [7, 11) is 0. The predicted octanol–water partition coefficient (Wildman–Crippen LogP) is 2.76. The van der Waals surface area contributed by atoms with Gasteiger partial charge >= 0.3 is 0 Å². The van der Waals surface area contributed by atoms with E-state index in [9.17, 15) is 5.11 Å². The van der Waals surface area contributed by atoms with Crippen molar-refractivity contribution in [3.8, 4) is 5.75 Å². The van der Waals surface area contributed by atoms with Gasteiger partial charge in [0.15, 0.2) is 0 Å². The summed E-state index contributed by atoms with van der Waals surface area (Å²) < 4.78 is 0. The van der Waals surface area contributed by atoms with Crippen molar-refractivity contribution in [2.45, 2.75) is 26.7 Å². The number of hydrogen-bond donors (Lipinski definition) is 1. The third-order valence-corrected chi connectivity index (χ3v) is 3.34. The summed E-state index contributed by atoms with van der Waals surface area (Å²) >= 11 is 0. The number of nitrogens with zero attached hydrogens (tertiary/aromatic N) is 1. The highest BCUT2D eigenvalue weighted by Gasteiger charge is 2.13. The van der Waals surface area contributed by atoms with Crippen molar-refractivity contribution in [1.82, 2.24) is 4.90 Å². The molecule has 0 aliphatic carbocycles. The molecule has 0 radical (unpaired) electrons. The van der Waals surface area contributed by atoms with Gasteiger partial charge in [-0.1, -0.05) is 17.7 Å². The van der Waals surface area contributed by atoms with Crippen LogP contribution in [0.4, 0.5) is 0 Å². The van der Waals surface area contributed by atoms with E-state index in [1.54, 1.807) is 6.07 Å². The predicted molar refractivity (Wildman–Crippen MR) is 71.4 cm³/mol. The van der Waals surface area contributed by atoms with Gasteiger partial charge in [-0.25, -0.2) is 0 Å². The molecule has 1 N–H and O–H groups in total. The molecule has 17 heavy (non-hydrogen) atoms. The van der Waals surface area contributed by atoms with E-state index >= 15 is 0 Å². The summed E-state index contributed by atoms with van der Waals surface area (Å²) in [5, 5.41) is 9.50. The zero-order chi connectivity index (χ0) is 12.3. The maximum atomic E-state index is 9.50. The van der Waals surface area contributed by atoms with E-state index in [1.807, 2.05) is 6.07 Å². The van der Waals surface area contributed by atoms with Crippen LogP contribution < -0.4 is 0 Å². The van der Waals surface area contributed by atoms with Crippen LogP contribution in [0.1, 0.15) is 25.0 Å². The summed E-state index contributed by atoms with van der Waals surface area (Å²) in [6, 6.07) is 5.78. The van der Waals surface area contributed by atoms with Crippen LogP contribution in [0.2, 0.25) is 0 Å². The summed E-state index contributed by atoms with van der Waals surface area (Å²) in [6.07, 6.45) is 4.42. The normalized spacial score (nSPS) is 16.1. The van der Waals surface area contributed by atoms with Crippen LogP contribution in [0.25, 0.3) is 0 Å². The second-order valence-electron chi connectivity index (χ2n) is 5.04. The molecule has 1 aliphatic rings. The monoisotopic (exact) mass is 231 g/mol. The molecule has 0 atom stereocenters. The molecule has 0 bridgehead atoms. The van der Waals surface area contributed by atoms with Crippen LogP contribution in [0.5, 0.6) is 5.75 Å². The van der Waals surface area contributed by atoms with Crippen LogP contribution in [-0.2, 0) is 12.8 Å². The maximum Gasteiger partial charge on any atom is 0.115 e. The first-order chi connectivity index (χ1) is 8.15. The number of phenolic OH excluding ortho intramolecular Hbond substituents is 1. The zero-order valence-electron chi connectivity index (χ0n) is 10.7. The first kappa shape index (κ1) is 12.2. The Morgan fingerprint density at radius 1 is 1.24 bits per heavy atom. The topological polar surface area (TPSA) is 23.5 Å². The molecule has 0 spiro atoms. The fourth-order valence-electron chi connectivity index (χ4n) is 2.25. The second-order valence-corrected chi connectivity index (χ2v) is 5.04. The number of hydrogen-bond acceptors (Lipinski definition) is 2. The standard InChI is InChI=1S/C15H21NO/c1-12(2)5-8-16-9-6-13-3-4-15(17)11-14(13)7-10-16/h3-5,11,17H,6-10H2,1-2H3. The number of fused-ring (bicyclic) bond motifs is 1. The van der Waals surface area contributed by atoms with E-state index < -0.39 is 0 Å². The van der Waals surface area contributed by atoms with Gasteiger partial charge in [-0.05, 0) is 49.9 Å². The van der Waals surface area contributed by atoms with Crippen molar-refractivity contribution in [3.05, 3.63) is 41.0 Å². The minimum absolute atomic E-state index is 0.390. The van der Waals surface area contributed by atoms with Crippen molar-refractivity contribution in [3.63, 3.8) is 0 Å². The summed E-state index contributed by atoms with van der Waals surface area (Å²) in [6.45, 7) is 7.53. The van der Waals surface area contributed by atoms with Gasteiger partial charge in [0, 0.05) is 19.6 Å². The molecule has 2 nitrogen and oxygen atoms in total. The third kappa shape index (κ3) is 3.34. The maximum absolute atomic E-state index is 9.50. The molecule has 0 aromatic heterocycles. The quantitative estimate of drug-likeness (QED) is 0.791. The van der Waals surface area contributed by atoms with E-state index in [0.29, 0.717) is 5.75 Å². The van der Waals surface area contributed by atoms with Gasteiger partial charge in [0.25, 0.3) is 0 Å². The second kappa shape index (κ2) is 5.37. The molecule has 2 heteroatoms. The molecule has 0 amide bonds. The van der Waals surface area contributed by atoms with E-state index in [0.717, 1.165) is 32.5 Å². The average molecular weight is 231 g/mol. The van der Waals surface area contributed by atoms with Gasteiger partial charge in [0.1, 0.15) is 5.75 Å². The molecule has 2 rings (SSSR count). The summed E-state index contributed by atoms with van der Waals surface area (Å²) in [5.41, 5.74) is 4.08. The lowest BCUT2D eigenvalue weighted by atomic mass is 10.0. The van der Waals surface area contributed by atoms with Crippen molar-refractivity contribution in [2.75, 3.05) is 19.6 Å². The van der Waals surface area contributed by atoms with Gasteiger partial charge in [-0.15, -0.1) is 0 Å². The Balaban J connectivity index is 2.03. The zero-order valence-corrected chi connectivity index (χ0v) is 10.7. The lowest BCUT2D eigenvalue weighted by molar-refractivity contribution is 0.318. The van der Waals surface area contributed by atoms with Crippen LogP contribution in [0.15, 0.2) is 29.8 Å². The summed E-state index contributed by atoms with van der Waals surface area (Å²) in [4.78, 5) is 2.48. The third-order valence-electron chi connectivity index (χ3n) is 3.34. The number of allylic oxidation sites excluding steroid dienone is 1. The SMILES string of the molecule is CC(C)=CCN1CCc2ccc(O)cc2CC1. The lowest BCUT2D eigenvalue weighted by Gasteiger charge is -2.17. The Labute approximate surface area is 104 Å². The molecular weight excluding hydrogens is 210 g/mol. The highest BCUT2D eigenvalue weighted by molar-refractivity contribution is 5.36. The Morgan fingerprint density at radius 2 is 1.94 bits per heavy atom. The van der Waals surface area contributed by atoms with E-state index in [4.69, 9.17) is 0 Å². The molecule has 1 aliphatic heterocycles. The van der Waals surface area contributed by atoms with Crippen LogP contribution >= 0.6 is 0 Å². The number of rotatable bonds is 2. The fraction of sp³-hybridized carbons (Fsp3) is 0.467. The lowest BCUT2D eigenvalue weighted by Crippen LogP contribution is -2.26. The molecule has 92 valence electrons. The van der Waals surface area contributed by atoms with E-state index in [1.165, 1.54) is 16.7 Å². The van der Waals surface area contributed by atoms with E-state index in [-0.39, 0.29) is 0 Å². The molecule has 1 heterocycles. The minimum Gasteiger partial charge on any atom is -0.508 e. The first-order valence-corrected chi connectivity index (χ1v) is 6.31. The molecule has 1 aromatic carbocycles. The van der Waals surface area contributed by atoms with Gasteiger partial charge < -0.3 is 5.11 Å². The fourth-order valence-corrected chi connectivity index (χ4v) is 2.25. The van der Waals surface area contributed by atoms with Crippen molar-refractivity contribution in [2.24, 2.45) is 0 Å². The highest BCUT2D eigenvalue weighted by atomic mass is 16.3. The Kier molecular flexibility index (Phi) is 3.85. The first-order valence-electron chi connectivity index (χ1n) is 6.31. The molecule has 0 fully saturated rings. The van der Waals surface area contributed by atoms with Crippen molar-refractivity contribution in [1.29, 1.82) is 0 Å². The van der Waals surface area contributed by atoms with Crippen molar-refractivity contribution < 1.29 is 5.11 Å². The number of phenols is 1. The minimum atomic E-state index is 0.390. The van der Waals surface area contributed by atoms with Crippen molar-refractivity contribution >= 4 is 0 Å². The van der Waals surface area contributed by atoms with E-state index in [2.05, 4.69) is 30.9 Å². The largest absolute Gasteiger partial charge is 0.508 e. The molecular formula is C15H21NO. The van der Waals surface area contributed by atoms with Gasteiger partial charge in [0.05, 0.1) is 0 Å². The molecule has 0 saturated carbocycles. The smallest absolute Gasteiger partial charge is 0.115 e. The highest BCUT2D eigenvalue weighted by Crippen LogP contribution is 2.20. The Morgan fingerprint density at radius 3 is 2.65 bits per heavy atom. The average Bonchev–Trinajstić information content (AvgIpc) is 2.48. The molecule has 1 aromatic rings. The van der Waals surface area contributed by atoms with Gasteiger partial charge in [-0.3, -0.25) is 4.90 Å².